The molecule has 0 bridgehead atoms. The van der Waals surface area contributed by atoms with Crippen LogP contribution < -0.4 is 21.7 Å². The number of benzene rings is 1. The standard InChI is InChI=1S/C21H23FN8O3/c1-11(25-21(32)33)17(12-5-6-12)27-20-16(22)10-15(18(23)31)19(28-20)26-13-3-2-4-14(9-13)30-8-7-24-29-30/h2-4,7-12,17,25H,5-6H2,1H3,(H2,23,31)(H,32,33)(H2,26,27,28)/t11-,17-/m0/s1. The molecule has 172 valence electrons. The number of halogens is 1. The molecule has 3 aromatic rings. The van der Waals surface area contributed by atoms with Crippen LogP contribution in [0.5, 0.6) is 0 Å². The Hall–Kier alpha value is -4.22. The van der Waals surface area contributed by atoms with Crippen LogP contribution in [0.1, 0.15) is 30.1 Å². The van der Waals surface area contributed by atoms with Gasteiger partial charge in [0.05, 0.1) is 29.7 Å². The smallest absolute Gasteiger partial charge is 0.404 e. The van der Waals surface area contributed by atoms with E-state index in [-0.39, 0.29) is 29.2 Å². The maximum Gasteiger partial charge on any atom is 0.404 e. The Morgan fingerprint density at radius 2 is 2.06 bits per heavy atom. The number of nitrogens with zero attached hydrogens (tertiary/aromatic N) is 4. The summed E-state index contributed by atoms with van der Waals surface area (Å²) in [6, 6.07) is 7.25. The highest BCUT2D eigenvalue weighted by molar-refractivity contribution is 5.98. The van der Waals surface area contributed by atoms with E-state index in [2.05, 4.69) is 31.2 Å². The SMILES string of the molecule is C[C@H](NC(=O)O)[C@H](Nc1nc(Nc2cccc(-n3ccnn3)c2)c(C(N)=O)cc1F)C1CC1. The van der Waals surface area contributed by atoms with Crippen LogP contribution in [0.4, 0.5) is 26.5 Å². The van der Waals surface area contributed by atoms with Crippen molar-refractivity contribution < 1.29 is 19.1 Å². The molecule has 12 heteroatoms. The highest BCUT2D eigenvalue weighted by Gasteiger charge is 2.36. The molecule has 2 amide bonds. The van der Waals surface area contributed by atoms with Crippen LogP contribution in [0, 0.1) is 11.7 Å². The molecular weight excluding hydrogens is 431 g/mol. The second kappa shape index (κ2) is 9.10. The molecule has 2 atom stereocenters. The number of pyridine rings is 1. The lowest BCUT2D eigenvalue weighted by Gasteiger charge is -2.26. The van der Waals surface area contributed by atoms with E-state index in [4.69, 9.17) is 10.8 Å². The Kier molecular flexibility index (Phi) is 6.07. The molecule has 1 aliphatic carbocycles. The zero-order valence-electron chi connectivity index (χ0n) is 17.7. The predicted molar refractivity (Wildman–Crippen MR) is 118 cm³/mol. The van der Waals surface area contributed by atoms with Crippen molar-refractivity contribution in [2.75, 3.05) is 10.6 Å². The molecule has 4 rings (SSSR count). The first-order valence-corrected chi connectivity index (χ1v) is 10.3. The first kappa shape index (κ1) is 22.0. The number of nitrogens with one attached hydrogen (secondary N) is 3. The molecule has 0 radical (unpaired) electrons. The second-order valence-corrected chi connectivity index (χ2v) is 7.85. The molecule has 0 unspecified atom stereocenters. The van der Waals surface area contributed by atoms with E-state index in [1.165, 1.54) is 0 Å². The molecule has 1 saturated carbocycles. The van der Waals surface area contributed by atoms with Crippen molar-refractivity contribution in [1.29, 1.82) is 0 Å². The summed E-state index contributed by atoms with van der Waals surface area (Å²) in [6.45, 7) is 1.70. The highest BCUT2D eigenvalue weighted by atomic mass is 19.1. The number of aromatic nitrogens is 4. The molecule has 1 aliphatic rings. The van der Waals surface area contributed by atoms with Crippen LogP contribution in [-0.4, -0.2) is 49.2 Å². The van der Waals surface area contributed by atoms with Gasteiger partial charge in [-0.3, -0.25) is 4.79 Å². The molecule has 1 aromatic carbocycles. The summed E-state index contributed by atoms with van der Waals surface area (Å²) in [4.78, 5) is 27.3. The fraction of sp³-hybridized carbons (Fsp3) is 0.286. The molecule has 2 aromatic heterocycles. The molecular formula is C21H23FN8O3. The van der Waals surface area contributed by atoms with Gasteiger partial charge in [-0.2, -0.15) is 0 Å². The Morgan fingerprint density at radius 1 is 1.27 bits per heavy atom. The van der Waals surface area contributed by atoms with E-state index in [9.17, 15) is 14.0 Å². The van der Waals surface area contributed by atoms with Crippen molar-refractivity contribution in [3.8, 4) is 5.69 Å². The minimum absolute atomic E-state index is 0.0653. The predicted octanol–water partition coefficient (Wildman–Crippen LogP) is 2.49. The first-order chi connectivity index (χ1) is 15.8. The number of carboxylic acid groups (broad SMARTS) is 1. The Bertz CT molecular complexity index is 1170. The fourth-order valence-corrected chi connectivity index (χ4v) is 3.63. The highest BCUT2D eigenvalue weighted by Crippen LogP contribution is 2.36. The van der Waals surface area contributed by atoms with Crippen molar-refractivity contribution in [2.24, 2.45) is 11.7 Å². The van der Waals surface area contributed by atoms with Crippen molar-refractivity contribution in [3.05, 3.63) is 54.1 Å². The van der Waals surface area contributed by atoms with Crippen LogP contribution in [0.3, 0.4) is 0 Å². The summed E-state index contributed by atoms with van der Waals surface area (Å²) in [5.74, 6) is -1.47. The zero-order chi connectivity index (χ0) is 23.5. The number of anilines is 3. The molecule has 33 heavy (non-hydrogen) atoms. The number of carbonyl (C=O) groups is 2. The van der Waals surface area contributed by atoms with Crippen molar-refractivity contribution in [3.63, 3.8) is 0 Å². The fourth-order valence-electron chi connectivity index (χ4n) is 3.63. The molecule has 6 N–H and O–H groups in total. The average Bonchev–Trinajstić information content (AvgIpc) is 3.45. The Balaban J connectivity index is 1.64. The Morgan fingerprint density at radius 3 is 2.70 bits per heavy atom. The summed E-state index contributed by atoms with van der Waals surface area (Å²) in [7, 11) is 0. The number of nitrogens with two attached hydrogens (primary N) is 1. The second-order valence-electron chi connectivity index (χ2n) is 7.85. The zero-order valence-corrected chi connectivity index (χ0v) is 17.7. The van der Waals surface area contributed by atoms with E-state index in [1.54, 1.807) is 42.2 Å². The van der Waals surface area contributed by atoms with Gasteiger partial charge in [-0.25, -0.2) is 18.9 Å². The number of hydrogen-bond donors (Lipinski definition) is 5. The molecule has 2 heterocycles. The molecule has 0 aliphatic heterocycles. The first-order valence-electron chi connectivity index (χ1n) is 10.3. The third-order valence-electron chi connectivity index (χ3n) is 5.36. The quantitative estimate of drug-likeness (QED) is 0.330. The lowest BCUT2D eigenvalue weighted by atomic mass is 10.0. The van der Waals surface area contributed by atoms with Gasteiger partial charge in [0.1, 0.15) is 5.82 Å². The normalized spacial score (nSPS) is 14.8. The maximum absolute atomic E-state index is 14.8. The summed E-state index contributed by atoms with van der Waals surface area (Å²) >= 11 is 0. The average molecular weight is 454 g/mol. The van der Waals surface area contributed by atoms with Crippen molar-refractivity contribution in [1.82, 2.24) is 25.3 Å². The van der Waals surface area contributed by atoms with Gasteiger partial charge in [0.2, 0.25) is 0 Å². The minimum Gasteiger partial charge on any atom is -0.465 e. The van der Waals surface area contributed by atoms with E-state index in [0.29, 0.717) is 11.4 Å². The summed E-state index contributed by atoms with van der Waals surface area (Å²) in [5.41, 5.74) is 6.61. The van der Waals surface area contributed by atoms with Gasteiger partial charge in [0.15, 0.2) is 11.6 Å². The summed E-state index contributed by atoms with van der Waals surface area (Å²) < 4.78 is 16.4. The van der Waals surface area contributed by atoms with E-state index in [1.807, 2.05) is 6.07 Å². The Labute approximate surface area is 188 Å². The summed E-state index contributed by atoms with van der Waals surface area (Å²) in [5, 5.41) is 25.2. The maximum atomic E-state index is 14.8. The third kappa shape index (κ3) is 5.17. The number of carbonyl (C=O) groups excluding carboxylic acids is 1. The molecule has 11 nitrogen and oxygen atoms in total. The van der Waals surface area contributed by atoms with Gasteiger partial charge < -0.3 is 26.8 Å². The number of hydrogen-bond acceptors (Lipinski definition) is 7. The van der Waals surface area contributed by atoms with Crippen LogP contribution in [0.15, 0.2) is 42.7 Å². The lowest BCUT2D eigenvalue weighted by molar-refractivity contribution is 0.100. The molecule has 1 fully saturated rings. The van der Waals surface area contributed by atoms with Gasteiger partial charge in [0, 0.05) is 11.7 Å². The summed E-state index contributed by atoms with van der Waals surface area (Å²) in [6.07, 6.45) is 3.84. The van der Waals surface area contributed by atoms with Gasteiger partial charge in [-0.05, 0) is 49.9 Å². The van der Waals surface area contributed by atoms with Crippen LogP contribution in [0.25, 0.3) is 5.69 Å². The van der Waals surface area contributed by atoms with Gasteiger partial charge in [0.25, 0.3) is 5.91 Å². The van der Waals surface area contributed by atoms with Crippen LogP contribution in [-0.2, 0) is 0 Å². The number of rotatable bonds is 9. The van der Waals surface area contributed by atoms with E-state index in [0.717, 1.165) is 18.9 Å². The molecule has 0 spiro atoms. The van der Waals surface area contributed by atoms with Crippen LogP contribution in [0.2, 0.25) is 0 Å². The van der Waals surface area contributed by atoms with Crippen molar-refractivity contribution in [2.45, 2.75) is 31.8 Å². The largest absolute Gasteiger partial charge is 0.465 e. The number of amides is 2. The minimum atomic E-state index is -1.16. The van der Waals surface area contributed by atoms with E-state index >= 15 is 0 Å². The van der Waals surface area contributed by atoms with E-state index < -0.39 is 23.9 Å². The molecule has 0 saturated heterocycles. The third-order valence-corrected chi connectivity index (χ3v) is 5.36. The topological polar surface area (TPSA) is 160 Å². The van der Waals surface area contributed by atoms with Gasteiger partial charge in [-0.1, -0.05) is 11.3 Å². The van der Waals surface area contributed by atoms with Gasteiger partial charge in [-0.15, -0.1) is 5.10 Å². The van der Waals surface area contributed by atoms with Crippen LogP contribution >= 0.6 is 0 Å². The lowest BCUT2D eigenvalue weighted by Crippen LogP contribution is -2.45. The monoisotopic (exact) mass is 454 g/mol. The van der Waals surface area contributed by atoms with Gasteiger partial charge >= 0.3 is 6.09 Å². The number of primary amides is 1. The van der Waals surface area contributed by atoms with Crippen molar-refractivity contribution >= 4 is 29.3 Å².